The fourth-order valence-electron chi connectivity index (χ4n) is 3.45. The van der Waals surface area contributed by atoms with Gasteiger partial charge in [-0.05, 0) is 43.7 Å². The lowest BCUT2D eigenvalue weighted by atomic mass is 10.1. The lowest BCUT2D eigenvalue weighted by molar-refractivity contribution is -0.131. The number of fused-ring (bicyclic) bond motifs is 1. The third kappa shape index (κ3) is 4.70. The number of nitrogens with zero attached hydrogens (tertiary/aromatic N) is 3. The molecule has 0 saturated heterocycles. The van der Waals surface area contributed by atoms with E-state index in [0.29, 0.717) is 25.4 Å². The van der Waals surface area contributed by atoms with Crippen molar-refractivity contribution < 1.29 is 14.3 Å². The van der Waals surface area contributed by atoms with Crippen LogP contribution in [0.4, 0.5) is 11.4 Å². The van der Waals surface area contributed by atoms with Gasteiger partial charge in [-0.25, -0.2) is 0 Å². The van der Waals surface area contributed by atoms with E-state index in [1.165, 1.54) is 0 Å². The van der Waals surface area contributed by atoms with Crippen molar-refractivity contribution >= 4 is 23.2 Å². The summed E-state index contributed by atoms with van der Waals surface area (Å²) in [5, 5.41) is 0. The Morgan fingerprint density at radius 2 is 1.79 bits per heavy atom. The predicted octanol–water partition coefficient (Wildman–Crippen LogP) is 3.31. The molecular weight excluding hydrogens is 366 g/mol. The minimum absolute atomic E-state index is 0.0358. The van der Waals surface area contributed by atoms with Crippen molar-refractivity contribution in [2.45, 2.75) is 32.9 Å². The minimum Gasteiger partial charge on any atom is -0.479 e. The maximum atomic E-state index is 12.8. The number of carbonyl (C=O) groups is 2. The summed E-state index contributed by atoms with van der Waals surface area (Å²) < 4.78 is 5.67. The average Bonchev–Trinajstić information content (AvgIpc) is 2.72. The van der Waals surface area contributed by atoms with E-state index >= 15 is 0 Å². The normalized spacial score (nSPS) is 15.5. The topological polar surface area (TPSA) is 53.1 Å². The Bertz CT molecular complexity index is 864. The Kier molecular flexibility index (Phi) is 6.42. The van der Waals surface area contributed by atoms with Crippen molar-refractivity contribution in [3.05, 3.63) is 54.1 Å². The molecule has 0 fully saturated rings. The summed E-state index contributed by atoms with van der Waals surface area (Å²) in [6.07, 6.45) is -0.270. The maximum absolute atomic E-state index is 12.8. The fraction of sp³-hybridized carbons (Fsp3) is 0.391. The fourth-order valence-corrected chi connectivity index (χ4v) is 3.45. The van der Waals surface area contributed by atoms with Crippen LogP contribution in [-0.4, -0.2) is 50.0 Å². The number of rotatable bonds is 7. The third-order valence-electron chi connectivity index (χ3n) is 5.18. The summed E-state index contributed by atoms with van der Waals surface area (Å²) in [6, 6.07) is 15.7. The Labute approximate surface area is 172 Å². The Morgan fingerprint density at radius 3 is 2.45 bits per heavy atom. The second kappa shape index (κ2) is 8.99. The predicted molar refractivity (Wildman–Crippen MR) is 115 cm³/mol. The van der Waals surface area contributed by atoms with Gasteiger partial charge in [-0.1, -0.05) is 24.3 Å². The van der Waals surface area contributed by atoms with Crippen molar-refractivity contribution in [2.24, 2.45) is 0 Å². The number of anilines is 2. The van der Waals surface area contributed by atoms with Gasteiger partial charge in [0.05, 0.1) is 5.69 Å². The largest absolute Gasteiger partial charge is 0.479 e. The molecule has 0 saturated carbocycles. The van der Waals surface area contributed by atoms with Gasteiger partial charge < -0.3 is 19.4 Å². The van der Waals surface area contributed by atoms with E-state index in [9.17, 15) is 9.59 Å². The highest BCUT2D eigenvalue weighted by molar-refractivity contribution is 6.00. The summed E-state index contributed by atoms with van der Waals surface area (Å²) >= 11 is 0. The van der Waals surface area contributed by atoms with Crippen LogP contribution in [0.1, 0.15) is 25.8 Å². The summed E-state index contributed by atoms with van der Waals surface area (Å²) in [6.45, 7) is 5.25. The monoisotopic (exact) mass is 395 g/mol. The molecule has 1 aliphatic rings. The molecule has 0 aromatic heterocycles. The molecule has 154 valence electrons. The SMILES string of the molecule is CCN(Cc1ccc(N(C)C)cc1)C(=O)CCN1C(=O)C(C)Oc2ccccc21. The summed E-state index contributed by atoms with van der Waals surface area (Å²) in [4.78, 5) is 31.0. The van der Waals surface area contributed by atoms with Crippen LogP contribution in [-0.2, 0) is 16.1 Å². The van der Waals surface area contributed by atoms with Crippen LogP contribution in [0.2, 0.25) is 0 Å². The highest BCUT2D eigenvalue weighted by Crippen LogP contribution is 2.33. The molecule has 0 N–H and O–H groups in total. The molecule has 0 bridgehead atoms. The Morgan fingerprint density at radius 1 is 1.10 bits per heavy atom. The zero-order chi connectivity index (χ0) is 21.0. The van der Waals surface area contributed by atoms with E-state index in [-0.39, 0.29) is 18.2 Å². The summed E-state index contributed by atoms with van der Waals surface area (Å²) in [5.41, 5.74) is 2.94. The first-order valence-corrected chi connectivity index (χ1v) is 10.0. The summed E-state index contributed by atoms with van der Waals surface area (Å²) in [7, 11) is 4.01. The zero-order valence-electron chi connectivity index (χ0n) is 17.6. The molecule has 2 amide bonds. The number of amides is 2. The van der Waals surface area contributed by atoms with Crippen molar-refractivity contribution in [1.82, 2.24) is 4.90 Å². The zero-order valence-corrected chi connectivity index (χ0v) is 17.6. The Balaban J connectivity index is 1.65. The van der Waals surface area contributed by atoms with Gasteiger partial charge in [0.15, 0.2) is 6.10 Å². The molecule has 2 aromatic carbocycles. The third-order valence-corrected chi connectivity index (χ3v) is 5.18. The number of hydrogen-bond acceptors (Lipinski definition) is 4. The van der Waals surface area contributed by atoms with Gasteiger partial charge in [0.25, 0.3) is 5.91 Å². The van der Waals surface area contributed by atoms with Crippen molar-refractivity contribution in [3.63, 3.8) is 0 Å². The van der Waals surface area contributed by atoms with E-state index < -0.39 is 6.10 Å². The first-order valence-electron chi connectivity index (χ1n) is 10.0. The second-order valence-corrected chi connectivity index (χ2v) is 7.44. The molecule has 2 aromatic rings. The molecule has 0 spiro atoms. The van der Waals surface area contributed by atoms with Crippen molar-refractivity contribution in [3.8, 4) is 5.75 Å². The molecule has 6 nitrogen and oxygen atoms in total. The van der Waals surface area contributed by atoms with Crippen LogP contribution >= 0.6 is 0 Å². The Hall–Kier alpha value is -3.02. The highest BCUT2D eigenvalue weighted by atomic mass is 16.5. The molecule has 1 heterocycles. The lowest BCUT2D eigenvalue weighted by Gasteiger charge is -2.33. The van der Waals surface area contributed by atoms with Gasteiger partial charge in [-0.2, -0.15) is 0 Å². The van der Waals surface area contributed by atoms with Gasteiger partial charge >= 0.3 is 0 Å². The van der Waals surface area contributed by atoms with Crippen LogP contribution < -0.4 is 14.5 Å². The van der Waals surface area contributed by atoms with Gasteiger partial charge in [0.1, 0.15) is 5.75 Å². The number of hydrogen-bond donors (Lipinski definition) is 0. The van der Waals surface area contributed by atoms with E-state index in [1.54, 1.807) is 11.8 Å². The molecule has 1 atom stereocenters. The molecule has 1 aliphatic heterocycles. The quantitative estimate of drug-likeness (QED) is 0.722. The molecule has 29 heavy (non-hydrogen) atoms. The smallest absolute Gasteiger partial charge is 0.267 e. The molecule has 0 radical (unpaired) electrons. The van der Waals surface area contributed by atoms with Gasteiger partial charge in [0.2, 0.25) is 5.91 Å². The lowest BCUT2D eigenvalue weighted by Crippen LogP contribution is -2.46. The molecule has 0 aliphatic carbocycles. The van der Waals surface area contributed by atoms with Crippen LogP contribution in [0.3, 0.4) is 0 Å². The molecule has 1 unspecified atom stereocenters. The van der Waals surface area contributed by atoms with E-state index in [0.717, 1.165) is 16.9 Å². The maximum Gasteiger partial charge on any atom is 0.267 e. The standard InChI is InChI=1S/C23H29N3O3/c1-5-25(16-18-10-12-19(13-11-18)24(3)4)22(27)14-15-26-20-8-6-7-9-21(20)29-17(2)23(26)28/h6-13,17H,5,14-16H2,1-4H3. The van der Waals surface area contributed by atoms with E-state index in [1.807, 2.05) is 55.1 Å². The first kappa shape index (κ1) is 20.7. The van der Waals surface area contributed by atoms with Crippen LogP contribution in [0.15, 0.2) is 48.5 Å². The summed E-state index contributed by atoms with van der Waals surface area (Å²) in [5.74, 6) is 0.604. The molecule has 3 rings (SSSR count). The number of para-hydroxylation sites is 2. The highest BCUT2D eigenvalue weighted by Gasteiger charge is 2.31. The molecule has 6 heteroatoms. The van der Waals surface area contributed by atoms with Crippen molar-refractivity contribution in [2.75, 3.05) is 37.0 Å². The van der Waals surface area contributed by atoms with Crippen LogP contribution in [0.25, 0.3) is 0 Å². The first-order chi connectivity index (χ1) is 13.9. The van der Waals surface area contributed by atoms with Crippen molar-refractivity contribution in [1.29, 1.82) is 0 Å². The van der Waals surface area contributed by atoms with Crippen LogP contribution in [0, 0.1) is 0 Å². The molecular formula is C23H29N3O3. The van der Waals surface area contributed by atoms with E-state index in [4.69, 9.17) is 4.74 Å². The van der Waals surface area contributed by atoms with Crippen LogP contribution in [0.5, 0.6) is 5.75 Å². The van der Waals surface area contributed by atoms with Gasteiger partial charge in [-0.3, -0.25) is 9.59 Å². The van der Waals surface area contributed by atoms with Gasteiger partial charge in [-0.15, -0.1) is 0 Å². The average molecular weight is 396 g/mol. The van der Waals surface area contributed by atoms with Gasteiger partial charge in [0, 0.05) is 45.8 Å². The number of carbonyl (C=O) groups excluding carboxylic acids is 2. The number of benzene rings is 2. The minimum atomic E-state index is -0.544. The van der Waals surface area contributed by atoms with E-state index in [2.05, 4.69) is 24.3 Å². The second-order valence-electron chi connectivity index (χ2n) is 7.44. The number of ether oxygens (including phenoxy) is 1.